The van der Waals surface area contributed by atoms with Gasteiger partial charge in [-0.05, 0) is 161 Å². The maximum atomic E-state index is 13.0. The normalized spacial score (nSPS) is 14.6. The number of allylic oxidation sites excluding steroid dienone is 30. The number of carbonyl (C=O) groups is 3. The number of aliphatic hydroxyl groups is 2. The highest BCUT2D eigenvalue weighted by Crippen LogP contribution is 2.45. The molecule has 5 unspecified atom stereocenters. The Hall–Kier alpha value is -5.35. The van der Waals surface area contributed by atoms with Gasteiger partial charge in [0.15, 0.2) is 6.10 Å². The number of aliphatic hydroxyl groups excluding tert-OH is 2. The van der Waals surface area contributed by atoms with Crippen molar-refractivity contribution in [2.75, 3.05) is 39.6 Å². The summed E-state index contributed by atoms with van der Waals surface area (Å²) in [5, 5.41) is 20.7. The highest BCUT2D eigenvalue weighted by molar-refractivity contribution is 7.47. The van der Waals surface area contributed by atoms with E-state index in [1.807, 2.05) is 0 Å². The summed E-state index contributed by atoms with van der Waals surface area (Å²) < 4.78 is 61.4. The number of hydrogen-bond acceptors (Lipinski definition) is 14. The summed E-state index contributed by atoms with van der Waals surface area (Å²) in [6, 6.07) is 0. The molecule has 117 heavy (non-hydrogen) atoms. The molecule has 0 saturated carbocycles. The van der Waals surface area contributed by atoms with E-state index in [4.69, 9.17) is 32.3 Å². The van der Waals surface area contributed by atoms with E-state index in [1.165, 1.54) is 154 Å². The molecule has 668 valence electrons. The number of phosphoric ester groups is 2. The SMILES string of the molecule is CC/C=C\C/C=C\C/C=C\C/C=C\C/C=C\C/C=C\CCCCC(=O)OC(COC(=O)CCCCCCCCCCCCC/C=C\C/C=C\C/C=C\C/C=C\CCCCC)COP(=O)(O)OCC(O)COP(=O)(O)OCC(O)COC(=O)CCCCCCCCCCCCCCCCCCC/C=C\C/C=C\C/C=C\C/C=C\C/C=C\CC. The third-order valence-corrected chi connectivity index (χ3v) is 21.0. The number of phosphoric acid groups is 2. The van der Waals surface area contributed by atoms with E-state index in [1.54, 1.807) is 0 Å². The zero-order chi connectivity index (χ0) is 85.1. The highest BCUT2D eigenvalue weighted by atomic mass is 31.2. The molecule has 0 amide bonds. The average molecular weight is 1670 g/mol. The van der Waals surface area contributed by atoms with Gasteiger partial charge in [-0.25, -0.2) is 9.13 Å². The van der Waals surface area contributed by atoms with E-state index in [2.05, 4.69) is 203 Å². The van der Waals surface area contributed by atoms with Crippen molar-refractivity contribution >= 4 is 33.6 Å². The number of hydrogen-bond donors (Lipinski definition) is 4. The van der Waals surface area contributed by atoms with Crippen molar-refractivity contribution < 1.29 is 75.8 Å². The lowest BCUT2D eigenvalue weighted by molar-refractivity contribution is -0.161. The van der Waals surface area contributed by atoms with Gasteiger partial charge in [-0.15, -0.1) is 0 Å². The number of ether oxygens (including phenoxy) is 3. The van der Waals surface area contributed by atoms with E-state index >= 15 is 0 Å². The van der Waals surface area contributed by atoms with Crippen LogP contribution in [0.15, 0.2) is 182 Å². The van der Waals surface area contributed by atoms with Crippen molar-refractivity contribution in [1.29, 1.82) is 0 Å². The monoisotopic (exact) mass is 1670 g/mol. The van der Waals surface area contributed by atoms with Gasteiger partial charge >= 0.3 is 33.6 Å². The molecular weight excluding hydrogens is 1510 g/mol. The molecule has 0 aromatic rings. The average Bonchev–Trinajstić information content (AvgIpc) is 0.954. The minimum Gasteiger partial charge on any atom is -0.463 e. The van der Waals surface area contributed by atoms with Crippen LogP contribution in [-0.2, 0) is 55.8 Å². The van der Waals surface area contributed by atoms with E-state index < -0.39 is 91.5 Å². The van der Waals surface area contributed by atoms with Crippen molar-refractivity contribution in [3.05, 3.63) is 182 Å². The van der Waals surface area contributed by atoms with Gasteiger partial charge in [0.1, 0.15) is 25.4 Å². The Kier molecular flexibility index (Phi) is 85.8. The van der Waals surface area contributed by atoms with Crippen LogP contribution in [0.25, 0.3) is 0 Å². The molecule has 18 heteroatoms. The van der Waals surface area contributed by atoms with Crippen LogP contribution < -0.4 is 0 Å². The molecule has 0 radical (unpaired) electrons. The third-order valence-electron chi connectivity index (χ3n) is 19.1. The van der Waals surface area contributed by atoms with Gasteiger partial charge in [-0.3, -0.25) is 32.5 Å². The Labute approximate surface area is 713 Å². The maximum Gasteiger partial charge on any atom is 0.472 e. The van der Waals surface area contributed by atoms with Gasteiger partial charge in [-0.1, -0.05) is 370 Å². The Morgan fingerprint density at radius 3 is 0.735 bits per heavy atom. The van der Waals surface area contributed by atoms with E-state index in [9.17, 15) is 43.5 Å². The highest BCUT2D eigenvalue weighted by Gasteiger charge is 2.29. The van der Waals surface area contributed by atoms with Crippen molar-refractivity contribution in [3.8, 4) is 0 Å². The molecule has 0 bridgehead atoms. The van der Waals surface area contributed by atoms with Crippen LogP contribution in [0.3, 0.4) is 0 Å². The van der Waals surface area contributed by atoms with Crippen LogP contribution in [0, 0.1) is 0 Å². The first kappa shape index (κ1) is 112. The summed E-state index contributed by atoms with van der Waals surface area (Å²) in [7, 11) is -9.83. The number of esters is 3. The van der Waals surface area contributed by atoms with Gasteiger partial charge in [0.2, 0.25) is 0 Å². The van der Waals surface area contributed by atoms with Gasteiger partial charge in [0, 0.05) is 19.3 Å². The second-order valence-electron chi connectivity index (χ2n) is 30.3. The van der Waals surface area contributed by atoms with Gasteiger partial charge < -0.3 is 34.2 Å². The standard InChI is InChI=1S/C99H166O16P2/c1-4-7-10-13-16-19-22-25-28-31-34-37-39-41-43-44-45-46-47-48-50-52-53-56-58-61-64-67-70-73-76-79-82-85-97(102)109-88-94(100)89-111-116(105,106)112-90-95(101)91-113-117(107,108)114-93-96(115-99(104)87-84-81-78-75-72-69-66-63-60-55-36-33-30-27-24-21-18-15-12-9-6-3)92-110-98(103)86-83-80-77-74-71-68-65-62-59-57-54-51-49-42-40-38-35-32-29-26-23-20-17-14-11-8-5-2/h7,9-10,12,16-21,25-30,34-38,41-43,49,55,63,66,72,75,94-96,100-101H,4-6,8,11,13-15,22-24,31-33,39-40,44-48,50-54,56-62,64-65,67-71,73-74,76-93H2,1-3H3,(H,105,106)(H,107,108)/b10-7-,12-9-,19-16-,20-17-,21-18-,28-25-,29-26-,30-27-,37-34-,38-35-,43-41-,49-42-,55-36-,66-63-,75-72-. The molecule has 0 rings (SSSR count). The quantitative estimate of drug-likeness (QED) is 0.0146. The van der Waals surface area contributed by atoms with Crippen molar-refractivity contribution in [1.82, 2.24) is 0 Å². The molecule has 0 heterocycles. The maximum absolute atomic E-state index is 13.0. The van der Waals surface area contributed by atoms with Crippen LogP contribution in [-0.4, -0.2) is 95.9 Å². The van der Waals surface area contributed by atoms with Crippen LogP contribution in [0.2, 0.25) is 0 Å². The predicted octanol–water partition coefficient (Wildman–Crippen LogP) is 28.4. The smallest absolute Gasteiger partial charge is 0.463 e. The summed E-state index contributed by atoms with van der Waals surface area (Å²) in [4.78, 5) is 59.0. The summed E-state index contributed by atoms with van der Waals surface area (Å²) in [5.74, 6) is -1.63. The molecule has 4 N–H and O–H groups in total. The first-order valence-electron chi connectivity index (χ1n) is 46.1. The van der Waals surface area contributed by atoms with E-state index in [-0.39, 0.29) is 19.3 Å². The van der Waals surface area contributed by atoms with Gasteiger partial charge in [-0.2, -0.15) is 0 Å². The van der Waals surface area contributed by atoms with Crippen LogP contribution in [0.5, 0.6) is 0 Å². The summed E-state index contributed by atoms with van der Waals surface area (Å²) in [6.07, 6.45) is 118. The van der Waals surface area contributed by atoms with Crippen LogP contribution >= 0.6 is 15.6 Å². The Morgan fingerprint density at radius 1 is 0.248 bits per heavy atom. The largest absolute Gasteiger partial charge is 0.472 e. The fraction of sp³-hybridized carbons (Fsp3) is 0.667. The van der Waals surface area contributed by atoms with Gasteiger partial charge in [0.05, 0.1) is 26.4 Å². The second kappa shape index (κ2) is 89.9. The minimum absolute atomic E-state index is 0.0437. The number of unbranched alkanes of at least 4 members (excludes halogenated alkanes) is 33. The fourth-order valence-electron chi connectivity index (χ4n) is 12.2. The first-order chi connectivity index (χ1) is 57.2. The molecule has 0 aliphatic rings. The molecule has 0 fully saturated rings. The summed E-state index contributed by atoms with van der Waals surface area (Å²) >= 11 is 0. The molecular formula is C99H166O16P2. The minimum atomic E-state index is -4.96. The molecule has 5 atom stereocenters. The zero-order valence-electron chi connectivity index (χ0n) is 73.6. The molecule has 0 spiro atoms. The Morgan fingerprint density at radius 2 is 0.453 bits per heavy atom. The molecule has 0 aromatic carbocycles. The Bertz CT molecular complexity index is 2860. The molecule has 0 aliphatic heterocycles. The van der Waals surface area contributed by atoms with Crippen molar-refractivity contribution in [2.45, 2.75) is 386 Å². The van der Waals surface area contributed by atoms with Crippen LogP contribution in [0.4, 0.5) is 0 Å². The first-order valence-corrected chi connectivity index (χ1v) is 49.1. The summed E-state index contributed by atoms with van der Waals surface area (Å²) in [6.45, 7) is 2.40. The molecule has 0 saturated heterocycles. The molecule has 16 nitrogen and oxygen atoms in total. The lowest BCUT2D eigenvalue weighted by Gasteiger charge is -2.21. The van der Waals surface area contributed by atoms with Crippen molar-refractivity contribution in [2.24, 2.45) is 0 Å². The van der Waals surface area contributed by atoms with Gasteiger partial charge in [0.25, 0.3) is 0 Å². The molecule has 0 aliphatic carbocycles. The number of carbonyl (C=O) groups excluding carboxylic acids is 3. The molecule has 0 aromatic heterocycles. The topological polar surface area (TPSA) is 231 Å². The van der Waals surface area contributed by atoms with Crippen molar-refractivity contribution in [3.63, 3.8) is 0 Å². The van der Waals surface area contributed by atoms with E-state index in [0.29, 0.717) is 25.7 Å². The summed E-state index contributed by atoms with van der Waals surface area (Å²) in [5.41, 5.74) is 0. The second-order valence-corrected chi connectivity index (χ2v) is 33.2. The Balaban J connectivity index is 4.60. The number of rotatable bonds is 86. The lowest BCUT2D eigenvalue weighted by atomic mass is 10.0. The lowest BCUT2D eigenvalue weighted by Crippen LogP contribution is -2.30. The van der Waals surface area contributed by atoms with E-state index in [0.717, 1.165) is 148 Å². The van der Waals surface area contributed by atoms with Crippen LogP contribution in [0.1, 0.15) is 367 Å². The predicted molar refractivity (Wildman–Crippen MR) is 491 cm³/mol. The zero-order valence-corrected chi connectivity index (χ0v) is 75.4. The third kappa shape index (κ3) is 91.2. The fourth-order valence-corrected chi connectivity index (χ4v) is 13.8.